The van der Waals surface area contributed by atoms with E-state index in [1.807, 2.05) is 0 Å². The molecule has 16 heavy (non-hydrogen) atoms. The third-order valence-electron chi connectivity index (χ3n) is 3.36. The first-order valence-corrected chi connectivity index (χ1v) is 5.99. The van der Waals surface area contributed by atoms with E-state index in [1.165, 1.54) is 24.8 Å². The number of nitrogens with zero attached hydrogens (tertiary/aromatic N) is 2. The summed E-state index contributed by atoms with van der Waals surface area (Å²) in [6.07, 6.45) is 6.08. The molecule has 1 aliphatic carbocycles. The Hall–Kier alpha value is -1.40. The quantitative estimate of drug-likeness (QED) is 0.671. The number of hydrogen-bond acceptors (Lipinski definition) is 2. The van der Waals surface area contributed by atoms with Crippen molar-refractivity contribution in [2.75, 3.05) is 7.05 Å². The van der Waals surface area contributed by atoms with Crippen molar-refractivity contribution in [3.05, 3.63) is 35.9 Å². The molecule has 0 aromatic heterocycles. The lowest BCUT2D eigenvalue weighted by atomic mass is 9.77. The van der Waals surface area contributed by atoms with Crippen LogP contribution < -0.4 is 0 Å². The highest BCUT2D eigenvalue weighted by Gasteiger charge is 2.33. The van der Waals surface area contributed by atoms with Crippen LogP contribution in [0.3, 0.4) is 0 Å². The summed E-state index contributed by atoms with van der Waals surface area (Å²) in [6, 6.07) is 13.4. The van der Waals surface area contributed by atoms with Crippen LogP contribution in [-0.4, -0.2) is 13.1 Å². The van der Waals surface area contributed by atoms with E-state index in [0.29, 0.717) is 0 Å². The Balaban J connectivity index is 2.37. The topological polar surface area (TPSA) is 24.7 Å². The maximum absolute atomic E-state index is 4.59. The fourth-order valence-corrected chi connectivity index (χ4v) is 2.50. The lowest BCUT2D eigenvalue weighted by Gasteiger charge is -2.32. The van der Waals surface area contributed by atoms with Gasteiger partial charge in [-0.15, -0.1) is 0 Å². The van der Waals surface area contributed by atoms with Crippen molar-refractivity contribution >= 4 is 6.01 Å². The van der Waals surface area contributed by atoms with E-state index in [1.54, 1.807) is 7.05 Å². The maximum Gasteiger partial charge on any atom is 0.0966 e. The van der Waals surface area contributed by atoms with Gasteiger partial charge in [-0.3, -0.25) is 0 Å². The Morgan fingerprint density at radius 2 is 1.75 bits per heavy atom. The van der Waals surface area contributed by atoms with Crippen LogP contribution in [0.4, 0.5) is 0 Å². The molecule has 0 N–H and O–H groups in total. The van der Waals surface area contributed by atoms with Gasteiger partial charge in [-0.05, 0) is 18.4 Å². The van der Waals surface area contributed by atoms with Crippen LogP contribution in [0.25, 0.3) is 0 Å². The van der Waals surface area contributed by atoms with Crippen molar-refractivity contribution in [1.29, 1.82) is 0 Å². The predicted molar refractivity (Wildman–Crippen MR) is 67.0 cm³/mol. The van der Waals surface area contributed by atoms with E-state index < -0.39 is 0 Å². The third kappa shape index (κ3) is 2.23. The van der Waals surface area contributed by atoms with Crippen LogP contribution in [0.1, 0.15) is 37.7 Å². The zero-order chi connectivity index (χ0) is 11.3. The third-order valence-corrected chi connectivity index (χ3v) is 3.36. The fourth-order valence-electron chi connectivity index (χ4n) is 2.50. The second kappa shape index (κ2) is 5.09. The summed E-state index contributed by atoms with van der Waals surface area (Å²) in [4.78, 5) is 8.47. The molecule has 0 heterocycles. The molecule has 2 heteroatoms. The molecule has 0 bridgehead atoms. The van der Waals surface area contributed by atoms with Gasteiger partial charge in [-0.2, -0.15) is 0 Å². The first kappa shape index (κ1) is 11.1. The SMILES string of the molecule is CN=C=NC1(c2ccccc2)CCCCC1. The molecule has 0 unspecified atom stereocenters. The molecule has 0 atom stereocenters. The summed E-state index contributed by atoms with van der Waals surface area (Å²) in [7, 11) is 1.73. The lowest BCUT2D eigenvalue weighted by Crippen LogP contribution is -2.26. The van der Waals surface area contributed by atoms with Gasteiger partial charge < -0.3 is 0 Å². The molecule has 84 valence electrons. The Morgan fingerprint density at radius 1 is 1.06 bits per heavy atom. The Kier molecular flexibility index (Phi) is 3.53. The van der Waals surface area contributed by atoms with Crippen LogP contribution in [0.2, 0.25) is 0 Å². The minimum atomic E-state index is -0.0565. The minimum Gasteiger partial charge on any atom is -0.229 e. The van der Waals surface area contributed by atoms with Crippen molar-refractivity contribution in [3.8, 4) is 0 Å². The molecule has 1 saturated carbocycles. The molecule has 0 amide bonds. The average Bonchev–Trinajstić information content (AvgIpc) is 2.38. The van der Waals surface area contributed by atoms with Crippen molar-refractivity contribution < 1.29 is 0 Å². The van der Waals surface area contributed by atoms with Crippen molar-refractivity contribution in [1.82, 2.24) is 0 Å². The largest absolute Gasteiger partial charge is 0.229 e. The van der Waals surface area contributed by atoms with Gasteiger partial charge in [0.25, 0.3) is 0 Å². The van der Waals surface area contributed by atoms with Gasteiger partial charge in [0.05, 0.1) is 11.5 Å². The second-order valence-electron chi connectivity index (χ2n) is 4.39. The van der Waals surface area contributed by atoms with E-state index >= 15 is 0 Å². The minimum absolute atomic E-state index is 0.0565. The van der Waals surface area contributed by atoms with Gasteiger partial charge in [0.15, 0.2) is 0 Å². The van der Waals surface area contributed by atoms with Crippen molar-refractivity contribution in [3.63, 3.8) is 0 Å². The molecule has 2 nitrogen and oxygen atoms in total. The average molecular weight is 214 g/mol. The van der Waals surface area contributed by atoms with Crippen molar-refractivity contribution in [2.45, 2.75) is 37.6 Å². The standard InChI is InChI=1S/C14H18N2/c1-15-12-16-14(10-6-3-7-11-14)13-8-4-2-5-9-13/h2,4-5,8-9H,3,6-7,10-11H2,1H3. The first-order valence-electron chi connectivity index (χ1n) is 5.99. The Bertz CT molecular complexity index is 382. The van der Waals surface area contributed by atoms with Crippen LogP contribution in [-0.2, 0) is 5.54 Å². The first-order chi connectivity index (χ1) is 7.87. The van der Waals surface area contributed by atoms with Gasteiger partial charge in [-0.1, -0.05) is 49.6 Å². The maximum atomic E-state index is 4.59. The Morgan fingerprint density at radius 3 is 2.38 bits per heavy atom. The van der Waals surface area contributed by atoms with Gasteiger partial charge in [0.2, 0.25) is 0 Å². The molecular weight excluding hydrogens is 196 g/mol. The van der Waals surface area contributed by atoms with E-state index in [-0.39, 0.29) is 5.54 Å². The van der Waals surface area contributed by atoms with Gasteiger partial charge in [0, 0.05) is 7.05 Å². The van der Waals surface area contributed by atoms with Gasteiger partial charge >= 0.3 is 0 Å². The summed E-state index contributed by atoms with van der Waals surface area (Å²) >= 11 is 0. The highest BCUT2D eigenvalue weighted by Crippen LogP contribution is 2.40. The molecule has 2 rings (SSSR count). The lowest BCUT2D eigenvalue weighted by molar-refractivity contribution is 0.306. The summed E-state index contributed by atoms with van der Waals surface area (Å²) < 4.78 is 0. The molecule has 0 spiro atoms. The molecule has 0 aliphatic heterocycles. The molecule has 0 saturated heterocycles. The van der Waals surface area contributed by atoms with Gasteiger partial charge in [-0.25, -0.2) is 9.98 Å². The normalized spacial score (nSPS) is 18.6. The molecule has 1 aliphatic rings. The summed E-state index contributed by atoms with van der Waals surface area (Å²) in [5, 5.41) is 0. The smallest absolute Gasteiger partial charge is 0.0966 e. The van der Waals surface area contributed by atoms with E-state index in [0.717, 1.165) is 12.8 Å². The fraction of sp³-hybridized carbons (Fsp3) is 0.500. The van der Waals surface area contributed by atoms with Crippen LogP contribution >= 0.6 is 0 Å². The summed E-state index contributed by atoms with van der Waals surface area (Å²) in [6.45, 7) is 0. The zero-order valence-corrected chi connectivity index (χ0v) is 9.82. The monoisotopic (exact) mass is 214 g/mol. The predicted octanol–water partition coefficient (Wildman–Crippen LogP) is 3.65. The molecule has 0 radical (unpaired) electrons. The number of aliphatic imine (C=N–C) groups is 2. The van der Waals surface area contributed by atoms with Crippen molar-refractivity contribution in [2.24, 2.45) is 9.98 Å². The number of rotatable bonds is 2. The van der Waals surface area contributed by atoms with Crippen LogP contribution in [0.15, 0.2) is 40.3 Å². The van der Waals surface area contributed by atoms with E-state index in [4.69, 9.17) is 0 Å². The number of benzene rings is 1. The van der Waals surface area contributed by atoms with E-state index in [2.05, 4.69) is 46.3 Å². The summed E-state index contributed by atoms with van der Waals surface area (Å²) in [5.74, 6) is 0. The molecule has 1 aromatic rings. The van der Waals surface area contributed by atoms with E-state index in [9.17, 15) is 0 Å². The Labute approximate surface area is 97.1 Å². The van der Waals surface area contributed by atoms with Crippen LogP contribution in [0, 0.1) is 0 Å². The molecule has 1 fully saturated rings. The molecular formula is C14H18N2. The zero-order valence-electron chi connectivity index (χ0n) is 9.82. The van der Waals surface area contributed by atoms with Gasteiger partial charge in [0.1, 0.15) is 0 Å². The second-order valence-corrected chi connectivity index (χ2v) is 4.39. The number of hydrogen-bond donors (Lipinski definition) is 0. The highest BCUT2D eigenvalue weighted by atomic mass is 14.9. The van der Waals surface area contributed by atoms with Crippen LogP contribution in [0.5, 0.6) is 0 Å². The summed E-state index contributed by atoms with van der Waals surface area (Å²) in [5.41, 5.74) is 1.25. The molecule has 1 aromatic carbocycles. The highest BCUT2D eigenvalue weighted by molar-refractivity contribution is 5.44.